The molecule has 0 saturated heterocycles. The summed E-state index contributed by atoms with van der Waals surface area (Å²) in [6.07, 6.45) is 10.4. The second-order valence-corrected chi connectivity index (χ2v) is 5.24. The second-order valence-electron chi connectivity index (χ2n) is 5.24. The van der Waals surface area contributed by atoms with Gasteiger partial charge in [-0.05, 0) is 5.92 Å². The molecule has 19 heavy (non-hydrogen) atoms. The molecular formula is C17H26O2. The number of aliphatic hydroxyl groups is 1. The van der Waals surface area contributed by atoms with E-state index in [4.69, 9.17) is 5.11 Å². The molecule has 0 unspecified atom stereocenters. The molecule has 0 atom stereocenters. The van der Waals surface area contributed by atoms with Crippen molar-refractivity contribution in [2.45, 2.75) is 51.9 Å². The Hall–Kier alpha value is -1.15. The van der Waals surface area contributed by atoms with E-state index >= 15 is 0 Å². The van der Waals surface area contributed by atoms with Crippen LogP contribution >= 0.6 is 0 Å². The molecule has 0 spiro atoms. The van der Waals surface area contributed by atoms with Gasteiger partial charge in [-0.1, -0.05) is 82.2 Å². The van der Waals surface area contributed by atoms with E-state index < -0.39 is 6.61 Å². The molecule has 2 heteroatoms. The third-order valence-corrected chi connectivity index (χ3v) is 3.68. The van der Waals surface area contributed by atoms with E-state index in [-0.39, 0.29) is 5.78 Å². The fraction of sp³-hybridized carbons (Fsp3) is 0.588. The van der Waals surface area contributed by atoms with Crippen molar-refractivity contribution in [1.29, 1.82) is 0 Å². The van der Waals surface area contributed by atoms with Crippen molar-refractivity contribution in [1.82, 2.24) is 0 Å². The maximum absolute atomic E-state index is 10.8. The number of aliphatic hydroxyl groups excluding tert-OH is 1. The molecular weight excluding hydrogens is 236 g/mol. The summed E-state index contributed by atoms with van der Waals surface area (Å²) in [4.78, 5) is 10.8. The second kappa shape index (κ2) is 9.74. The van der Waals surface area contributed by atoms with Gasteiger partial charge in [-0.3, -0.25) is 4.79 Å². The summed E-state index contributed by atoms with van der Waals surface area (Å²) in [6.45, 7) is 1.87. The molecule has 1 aromatic rings. The highest BCUT2D eigenvalue weighted by atomic mass is 16.3. The summed E-state index contributed by atoms with van der Waals surface area (Å²) in [5, 5.41) is 8.44. The van der Waals surface area contributed by atoms with Crippen molar-refractivity contribution in [3.8, 4) is 0 Å². The summed E-state index contributed by atoms with van der Waals surface area (Å²) in [6, 6.07) is 8.72. The largest absolute Gasteiger partial charge is 0.388 e. The van der Waals surface area contributed by atoms with Crippen LogP contribution < -0.4 is 0 Å². The standard InChI is InChI=1S/C9H18.C8H8O2/c1-2-3-6-9-7-4-5-8-9;9-6-8(10)7-4-2-1-3-5-7/h9H,2-8H2,1H3;1-5,9H,6H2. The monoisotopic (exact) mass is 262 g/mol. The molecule has 2 nitrogen and oxygen atoms in total. The number of ketones is 1. The quantitative estimate of drug-likeness (QED) is 0.806. The van der Waals surface area contributed by atoms with Gasteiger partial charge < -0.3 is 5.11 Å². The number of unbranched alkanes of at least 4 members (excludes halogenated alkanes) is 1. The van der Waals surface area contributed by atoms with Crippen LogP contribution in [0.4, 0.5) is 0 Å². The molecule has 1 aromatic carbocycles. The molecule has 0 radical (unpaired) electrons. The summed E-state index contributed by atoms with van der Waals surface area (Å²) in [5.74, 6) is 0.880. The fourth-order valence-corrected chi connectivity index (χ4v) is 2.51. The van der Waals surface area contributed by atoms with Gasteiger partial charge in [0.05, 0.1) is 0 Å². The van der Waals surface area contributed by atoms with Crippen LogP contribution in [0.5, 0.6) is 0 Å². The first kappa shape index (κ1) is 15.9. The van der Waals surface area contributed by atoms with Gasteiger partial charge in [0.15, 0.2) is 5.78 Å². The number of hydrogen-bond donors (Lipinski definition) is 1. The lowest BCUT2D eigenvalue weighted by molar-refractivity contribution is 0.0904. The lowest BCUT2D eigenvalue weighted by Gasteiger charge is -2.05. The van der Waals surface area contributed by atoms with Crippen molar-refractivity contribution in [2.24, 2.45) is 5.92 Å². The van der Waals surface area contributed by atoms with E-state index in [2.05, 4.69) is 6.92 Å². The van der Waals surface area contributed by atoms with E-state index in [1.807, 2.05) is 6.07 Å². The summed E-state index contributed by atoms with van der Waals surface area (Å²) < 4.78 is 0. The third kappa shape index (κ3) is 6.53. The van der Waals surface area contributed by atoms with Crippen LogP contribution in [0, 0.1) is 5.92 Å². The highest BCUT2D eigenvalue weighted by molar-refractivity contribution is 5.96. The van der Waals surface area contributed by atoms with Crippen LogP contribution in [0.3, 0.4) is 0 Å². The van der Waals surface area contributed by atoms with Crippen LogP contribution in [0.25, 0.3) is 0 Å². The van der Waals surface area contributed by atoms with Crippen molar-refractivity contribution in [3.63, 3.8) is 0 Å². The van der Waals surface area contributed by atoms with Gasteiger partial charge in [0.25, 0.3) is 0 Å². The van der Waals surface area contributed by atoms with Crippen molar-refractivity contribution < 1.29 is 9.90 Å². The maximum Gasteiger partial charge on any atom is 0.188 e. The molecule has 0 heterocycles. The minimum Gasteiger partial charge on any atom is -0.388 e. The number of rotatable bonds is 5. The Kier molecular flexibility index (Phi) is 8.15. The third-order valence-electron chi connectivity index (χ3n) is 3.68. The van der Waals surface area contributed by atoms with Crippen LogP contribution in [0.15, 0.2) is 30.3 Å². The predicted octanol–water partition coefficient (Wildman–Crippen LogP) is 4.23. The molecule has 1 N–H and O–H groups in total. The number of carbonyl (C=O) groups is 1. The normalized spacial score (nSPS) is 14.8. The topological polar surface area (TPSA) is 37.3 Å². The van der Waals surface area contributed by atoms with E-state index in [9.17, 15) is 4.79 Å². The Morgan fingerprint density at radius 2 is 1.84 bits per heavy atom. The minimum absolute atomic E-state index is 0.236. The molecule has 1 saturated carbocycles. The Bertz CT molecular complexity index is 340. The van der Waals surface area contributed by atoms with Crippen LogP contribution in [0.2, 0.25) is 0 Å². The molecule has 1 aliphatic rings. The number of Topliss-reactive ketones (excluding diaryl/α,β-unsaturated/α-hetero) is 1. The smallest absolute Gasteiger partial charge is 0.188 e. The first-order valence-electron chi connectivity index (χ1n) is 7.47. The molecule has 0 amide bonds. The van der Waals surface area contributed by atoms with Crippen molar-refractivity contribution >= 4 is 5.78 Å². The van der Waals surface area contributed by atoms with Gasteiger partial charge in [0.2, 0.25) is 0 Å². The van der Waals surface area contributed by atoms with E-state index in [1.54, 1.807) is 24.3 Å². The Morgan fingerprint density at radius 1 is 1.21 bits per heavy atom. The summed E-state index contributed by atoms with van der Waals surface area (Å²) >= 11 is 0. The molecule has 0 aromatic heterocycles. The number of hydrogen-bond acceptors (Lipinski definition) is 2. The van der Waals surface area contributed by atoms with Gasteiger partial charge in [-0.25, -0.2) is 0 Å². The molecule has 106 valence electrons. The number of benzene rings is 1. The molecule has 2 rings (SSSR count). The van der Waals surface area contributed by atoms with Gasteiger partial charge >= 0.3 is 0 Å². The summed E-state index contributed by atoms with van der Waals surface area (Å²) in [7, 11) is 0. The highest BCUT2D eigenvalue weighted by Gasteiger charge is 2.13. The van der Waals surface area contributed by atoms with Gasteiger partial charge in [0, 0.05) is 5.56 Å². The lowest BCUT2D eigenvalue weighted by atomic mass is 10.0. The molecule has 0 bridgehead atoms. The Balaban J connectivity index is 0.000000191. The van der Waals surface area contributed by atoms with Gasteiger partial charge in [-0.2, -0.15) is 0 Å². The average Bonchev–Trinajstić information content (AvgIpc) is 2.99. The highest BCUT2D eigenvalue weighted by Crippen LogP contribution is 2.28. The van der Waals surface area contributed by atoms with Crippen LogP contribution in [-0.2, 0) is 0 Å². The first-order valence-corrected chi connectivity index (χ1v) is 7.47. The Labute approximate surface area is 116 Å². The zero-order chi connectivity index (χ0) is 13.9. The lowest BCUT2D eigenvalue weighted by Crippen LogP contribution is -2.02. The summed E-state index contributed by atoms with van der Waals surface area (Å²) in [5.41, 5.74) is 0.560. The van der Waals surface area contributed by atoms with E-state index in [0.29, 0.717) is 5.56 Å². The van der Waals surface area contributed by atoms with Gasteiger partial charge in [0.1, 0.15) is 6.61 Å². The maximum atomic E-state index is 10.8. The average molecular weight is 262 g/mol. The zero-order valence-electron chi connectivity index (χ0n) is 12.0. The molecule has 1 aliphatic carbocycles. The zero-order valence-corrected chi connectivity index (χ0v) is 12.0. The van der Waals surface area contributed by atoms with Crippen LogP contribution in [0.1, 0.15) is 62.2 Å². The Morgan fingerprint density at radius 3 is 2.37 bits per heavy atom. The number of carbonyl (C=O) groups excluding carboxylic acids is 1. The molecule has 1 fully saturated rings. The predicted molar refractivity (Wildman–Crippen MR) is 79.3 cm³/mol. The van der Waals surface area contributed by atoms with Crippen molar-refractivity contribution in [2.75, 3.05) is 6.61 Å². The first-order chi connectivity index (χ1) is 9.27. The van der Waals surface area contributed by atoms with Crippen LogP contribution in [-0.4, -0.2) is 17.5 Å². The van der Waals surface area contributed by atoms with E-state index in [0.717, 1.165) is 5.92 Å². The SMILES string of the molecule is CCCCC1CCCC1.O=C(CO)c1ccccc1. The minimum atomic E-state index is -0.413. The van der Waals surface area contributed by atoms with Crippen molar-refractivity contribution in [3.05, 3.63) is 35.9 Å². The molecule has 0 aliphatic heterocycles. The van der Waals surface area contributed by atoms with E-state index in [1.165, 1.54) is 44.9 Å². The van der Waals surface area contributed by atoms with Gasteiger partial charge in [-0.15, -0.1) is 0 Å². The fourth-order valence-electron chi connectivity index (χ4n) is 2.51.